The Morgan fingerprint density at radius 3 is 1.23 bits per heavy atom. The highest BCUT2D eigenvalue weighted by atomic mass is 16.3. The van der Waals surface area contributed by atoms with Crippen LogP contribution in [0.4, 0.5) is 0 Å². The zero-order valence-electron chi connectivity index (χ0n) is 15.7. The second-order valence-corrected chi connectivity index (χ2v) is 7.26. The molecule has 1 heterocycles. The Bertz CT molecular complexity index is 597. The van der Waals surface area contributed by atoms with Gasteiger partial charge in [0.15, 0.2) is 0 Å². The van der Waals surface area contributed by atoms with Gasteiger partial charge in [-0.1, -0.05) is 60.7 Å². The summed E-state index contributed by atoms with van der Waals surface area (Å²) in [4.78, 5) is 4.69. The van der Waals surface area contributed by atoms with Gasteiger partial charge in [-0.05, 0) is 25.0 Å². The molecule has 3 rings (SSSR count). The summed E-state index contributed by atoms with van der Waals surface area (Å²) in [6, 6.07) is 19.9. The van der Waals surface area contributed by atoms with Crippen LogP contribution < -0.4 is 0 Å². The molecule has 0 aromatic heterocycles. The van der Waals surface area contributed by atoms with Gasteiger partial charge < -0.3 is 10.2 Å². The Morgan fingerprint density at radius 1 is 0.615 bits per heavy atom. The molecular formula is C22H30N2O2. The predicted octanol–water partition coefficient (Wildman–Crippen LogP) is 2.85. The Morgan fingerprint density at radius 2 is 0.923 bits per heavy atom. The molecule has 0 bridgehead atoms. The Kier molecular flexibility index (Phi) is 6.43. The van der Waals surface area contributed by atoms with Crippen molar-refractivity contribution in [3.8, 4) is 0 Å². The first kappa shape index (κ1) is 19.1. The lowest BCUT2D eigenvalue weighted by Gasteiger charge is -2.42. The SMILES string of the molecule is C[C@@H]([C@H](O)c1ccccc1)N1CCN([C@@H](C)[C@H](O)c2ccccc2)CC1. The lowest BCUT2D eigenvalue weighted by atomic mass is 10.00. The van der Waals surface area contributed by atoms with E-state index in [9.17, 15) is 10.2 Å². The van der Waals surface area contributed by atoms with E-state index in [1.807, 2.05) is 60.7 Å². The van der Waals surface area contributed by atoms with Crippen LogP contribution in [-0.4, -0.2) is 58.3 Å². The first-order valence-electron chi connectivity index (χ1n) is 9.52. The van der Waals surface area contributed by atoms with E-state index in [2.05, 4.69) is 23.6 Å². The van der Waals surface area contributed by atoms with Crippen LogP contribution in [0, 0.1) is 0 Å². The molecule has 0 amide bonds. The Balaban J connectivity index is 1.55. The number of hydrogen-bond donors (Lipinski definition) is 2. The van der Waals surface area contributed by atoms with E-state index in [1.165, 1.54) is 0 Å². The van der Waals surface area contributed by atoms with Gasteiger partial charge in [-0.25, -0.2) is 0 Å². The van der Waals surface area contributed by atoms with Gasteiger partial charge in [0.05, 0.1) is 12.2 Å². The van der Waals surface area contributed by atoms with Crippen LogP contribution in [0.15, 0.2) is 60.7 Å². The zero-order chi connectivity index (χ0) is 18.5. The molecule has 140 valence electrons. The Hall–Kier alpha value is -1.72. The minimum absolute atomic E-state index is 0.0777. The largest absolute Gasteiger partial charge is 0.387 e. The third-order valence-corrected chi connectivity index (χ3v) is 5.70. The van der Waals surface area contributed by atoms with Crippen molar-refractivity contribution in [2.24, 2.45) is 0 Å². The summed E-state index contributed by atoms with van der Waals surface area (Å²) in [5.74, 6) is 0. The van der Waals surface area contributed by atoms with Gasteiger partial charge in [0.25, 0.3) is 0 Å². The maximum absolute atomic E-state index is 10.7. The summed E-state index contributed by atoms with van der Waals surface area (Å²) in [5, 5.41) is 21.3. The van der Waals surface area contributed by atoms with Crippen molar-refractivity contribution in [1.82, 2.24) is 9.80 Å². The van der Waals surface area contributed by atoms with Crippen LogP contribution in [0.3, 0.4) is 0 Å². The standard InChI is InChI=1S/C22H30N2O2/c1-17(21(25)19-9-5-3-6-10-19)23-13-15-24(16-14-23)18(2)22(26)20-11-7-4-8-12-20/h3-12,17-18,21-22,25-26H,13-16H2,1-2H3/t17-,18-,21-,22-/m0/s1. The topological polar surface area (TPSA) is 46.9 Å². The molecule has 0 unspecified atom stereocenters. The first-order chi connectivity index (χ1) is 12.6. The average Bonchev–Trinajstić information content (AvgIpc) is 2.73. The normalized spacial score (nSPS) is 21.1. The second kappa shape index (κ2) is 8.78. The lowest BCUT2D eigenvalue weighted by molar-refractivity contribution is -0.00761. The minimum Gasteiger partial charge on any atom is -0.387 e. The molecule has 0 saturated carbocycles. The number of piperazine rings is 1. The monoisotopic (exact) mass is 354 g/mol. The molecule has 0 aliphatic carbocycles. The molecule has 1 saturated heterocycles. The molecule has 4 atom stereocenters. The van der Waals surface area contributed by atoms with E-state index in [1.54, 1.807) is 0 Å². The Labute approximate surface area is 156 Å². The third-order valence-electron chi connectivity index (χ3n) is 5.70. The van der Waals surface area contributed by atoms with Gasteiger partial charge in [0.1, 0.15) is 0 Å². The average molecular weight is 354 g/mol. The van der Waals surface area contributed by atoms with E-state index in [-0.39, 0.29) is 12.1 Å². The van der Waals surface area contributed by atoms with Crippen LogP contribution >= 0.6 is 0 Å². The van der Waals surface area contributed by atoms with E-state index in [0.717, 1.165) is 37.3 Å². The quantitative estimate of drug-likeness (QED) is 0.837. The van der Waals surface area contributed by atoms with Crippen molar-refractivity contribution < 1.29 is 10.2 Å². The predicted molar refractivity (Wildman–Crippen MR) is 105 cm³/mol. The number of aliphatic hydroxyl groups is 2. The van der Waals surface area contributed by atoms with Gasteiger partial charge in [0, 0.05) is 38.3 Å². The molecule has 1 aliphatic heterocycles. The van der Waals surface area contributed by atoms with Gasteiger partial charge >= 0.3 is 0 Å². The van der Waals surface area contributed by atoms with E-state index in [4.69, 9.17) is 0 Å². The molecule has 0 radical (unpaired) electrons. The van der Waals surface area contributed by atoms with Crippen LogP contribution in [-0.2, 0) is 0 Å². The minimum atomic E-state index is -0.477. The van der Waals surface area contributed by atoms with E-state index < -0.39 is 12.2 Å². The van der Waals surface area contributed by atoms with Crippen molar-refractivity contribution in [3.05, 3.63) is 71.8 Å². The summed E-state index contributed by atoms with van der Waals surface area (Å²) in [5.41, 5.74) is 1.94. The van der Waals surface area contributed by atoms with Gasteiger partial charge in [-0.2, -0.15) is 0 Å². The molecule has 2 aromatic carbocycles. The van der Waals surface area contributed by atoms with Gasteiger partial charge in [-0.3, -0.25) is 9.80 Å². The molecule has 2 N–H and O–H groups in total. The molecule has 0 spiro atoms. The van der Waals surface area contributed by atoms with Crippen molar-refractivity contribution in [2.75, 3.05) is 26.2 Å². The number of hydrogen-bond acceptors (Lipinski definition) is 4. The highest BCUT2D eigenvalue weighted by Gasteiger charge is 2.30. The van der Waals surface area contributed by atoms with Crippen molar-refractivity contribution in [3.63, 3.8) is 0 Å². The van der Waals surface area contributed by atoms with Crippen LogP contribution in [0.1, 0.15) is 37.2 Å². The first-order valence-corrected chi connectivity index (χ1v) is 9.52. The number of nitrogens with zero attached hydrogens (tertiary/aromatic N) is 2. The van der Waals surface area contributed by atoms with Gasteiger partial charge in [-0.15, -0.1) is 0 Å². The summed E-state index contributed by atoms with van der Waals surface area (Å²) in [6.45, 7) is 7.78. The number of rotatable bonds is 6. The molecular weight excluding hydrogens is 324 g/mol. The van der Waals surface area contributed by atoms with Gasteiger partial charge in [0.2, 0.25) is 0 Å². The van der Waals surface area contributed by atoms with Crippen LogP contribution in [0.5, 0.6) is 0 Å². The molecule has 4 nitrogen and oxygen atoms in total. The molecule has 1 fully saturated rings. The molecule has 2 aromatic rings. The summed E-state index contributed by atoms with van der Waals surface area (Å²) < 4.78 is 0. The molecule has 4 heteroatoms. The molecule has 1 aliphatic rings. The smallest absolute Gasteiger partial charge is 0.0942 e. The van der Waals surface area contributed by atoms with Crippen molar-refractivity contribution >= 4 is 0 Å². The van der Waals surface area contributed by atoms with E-state index in [0.29, 0.717) is 0 Å². The fraction of sp³-hybridized carbons (Fsp3) is 0.455. The van der Waals surface area contributed by atoms with Crippen LogP contribution in [0.25, 0.3) is 0 Å². The summed E-state index contributed by atoms with van der Waals surface area (Å²) in [7, 11) is 0. The zero-order valence-corrected chi connectivity index (χ0v) is 15.7. The highest BCUT2D eigenvalue weighted by Crippen LogP contribution is 2.25. The maximum Gasteiger partial charge on any atom is 0.0942 e. The summed E-state index contributed by atoms with van der Waals surface area (Å²) in [6.07, 6.45) is -0.954. The van der Waals surface area contributed by atoms with E-state index >= 15 is 0 Å². The highest BCUT2D eigenvalue weighted by molar-refractivity contribution is 5.19. The third kappa shape index (κ3) is 4.33. The molecule has 26 heavy (non-hydrogen) atoms. The number of benzene rings is 2. The maximum atomic E-state index is 10.7. The fourth-order valence-corrected chi connectivity index (χ4v) is 3.81. The lowest BCUT2D eigenvalue weighted by Crippen LogP contribution is -2.54. The fourth-order valence-electron chi connectivity index (χ4n) is 3.81. The second-order valence-electron chi connectivity index (χ2n) is 7.26. The summed E-state index contributed by atoms with van der Waals surface area (Å²) >= 11 is 0. The van der Waals surface area contributed by atoms with Crippen LogP contribution in [0.2, 0.25) is 0 Å². The number of aliphatic hydroxyl groups excluding tert-OH is 2. The van der Waals surface area contributed by atoms with Crippen molar-refractivity contribution in [1.29, 1.82) is 0 Å². The van der Waals surface area contributed by atoms with Crippen molar-refractivity contribution in [2.45, 2.75) is 38.1 Å².